The van der Waals surface area contributed by atoms with E-state index < -0.39 is 17.1 Å². The number of pyridine rings is 1. The third kappa shape index (κ3) is 7.30. The number of fused-ring (bicyclic) bond motifs is 3. The van der Waals surface area contributed by atoms with Gasteiger partial charge in [-0.25, -0.2) is 9.37 Å². The first-order chi connectivity index (χ1) is 30.1. The molecule has 3 saturated heterocycles. The maximum Gasteiger partial charge on any atom is 0.323 e. The van der Waals surface area contributed by atoms with Crippen molar-refractivity contribution in [1.29, 1.82) is 5.26 Å². The molecule has 0 saturated carbocycles. The molecule has 3 fully saturated rings. The lowest BCUT2D eigenvalue weighted by Crippen LogP contribution is -2.64. The molecule has 3 aliphatic heterocycles. The Morgan fingerprint density at radius 2 is 1.74 bits per heavy atom. The predicted octanol–water partition coefficient (Wildman–Crippen LogP) is 6.78. The number of nitriles is 1. The fourth-order valence-corrected chi connectivity index (χ4v) is 11.1. The van der Waals surface area contributed by atoms with E-state index in [2.05, 4.69) is 58.0 Å². The topological polar surface area (TPSA) is 159 Å². The van der Waals surface area contributed by atoms with Crippen LogP contribution in [0.25, 0.3) is 0 Å². The highest BCUT2D eigenvalue weighted by molar-refractivity contribution is 7.16. The minimum Gasteiger partial charge on any atom is -0.497 e. The number of ether oxygens (including phenoxy) is 3. The highest BCUT2D eigenvalue weighted by Gasteiger charge is 2.60. The zero-order valence-corrected chi connectivity index (χ0v) is 36.3. The molecular formula is C46H51FN10O4S. The van der Waals surface area contributed by atoms with Crippen LogP contribution < -0.4 is 34.6 Å². The van der Waals surface area contributed by atoms with Crippen molar-refractivity contribution < 1.29 is 23.4 Å². The molecule has 2 aromatic carbocycles. The van der Waals surface area contributed by atoms with E-state index >= 15 is 0 Å². The Morgan fingerprint density at radius 3 is 2.39 bits per heavy atom. The molecule has 4 atom stereocenters. The Hall–Kier alpha value is -6.05. The number of aromatic nitrogens is 4. The van der Waals surface area contributed by atoms with Crippen molar-refractivity contribution in [1.82, 2.24) is 24.8 Å². The van der Waals surface area contributed by atoms with Crippen molar-refractivity contribution in [3.8, 4) is 23.6 Å². The number of methoxy groups -OCH3 is 2. The van der Waals surface area contributed by atoms with Crippen LogP contribution in [0.1, 0.15) is 78.3 Å². The lowest BCUT2D eigenvalue weighted by Gasteiger charge is -2.46. The molecule has 4 aliphatic rings. The van der Waals surface area contributed by atoms with E-state index in [1.807, 2.05) is 37.3 Å². The van der Waals surface area contributed by atoms with E-state index in [0.717, 1.165) is 63.8 Å². The van der Waals surface area contributed by atoms with Gasteiger partial charge in [-0.05, 0) is 87.5 Å². The van der Waals surface area contributed by atoms with Gasteiger partial charge < -0.3 is 29.7 Å². The molecule has 62 heavy (non-hydrogen) atoms. The molecule has 3 aromatic heterocycles. The van der Waals surface area contributed by atoms with Gasteiger partial charge in [0.15, 0.2) is 0 Å². The number of nitrogens with two attached hydrogens (primary N) is 1. The molecule has 5 aromatic rings. The summed E-state index contributed by atoms with van der Waals surface area (Å²) in [5.41, 5.74) is 9.21. The summed E-state index contributed by atoms with van der Waals surface area (Å²) in [6, 6.07) is 22.1. The van der Waals surface area contributed by atoms with Gasteiger partial charge in [-0.1, -0.05) is 30.3 Å². The van der Waals surface area contributed by atoms with Gasteiger partial charge in [-0.2, -0.15) is 20.2 Å². The number of nitrogens with zero attached hydrogens (tertiary/aromatic N) is 9. The second-order valence-corrected chi connectivity index (χ2v) is 17.9. The number of carbonyl (C=O) groups excluding carboxylic acids is 1. The first-order valence-corrected chi connectivity index (χ1v) is 22.0. The van der Waals surface area contributed by atoms with Crippen LogP contribution in [0.5, 0.6) is 17.5 Å². The Labute approximate surface area is 365 Å². The second-order valence-electron chi connectivity index (χ2n) is 16.7. The van der Waals surface area contributed by atoms with Crippen LogP contribution in [0.15, 0.2) is 66.9 Å². The van der Waals surface area contributed by atoms with Gasteiger partial charge in [-0.15, -0.1) is 11.3 Å². The molecule has 9 rings (SSSR count). The normalized spacial score (nSPS) is 21.9. The number of carbonyl (C=O) groups is 1. The molecule has 1 aliphatic carbocycles. The summed E-state index contributed by atoms with van der Waals surface area (Å²) in [7, 11) is 3.31. The molecule has 2 N–H and O–H groups in total. The van der Waals surface area contributed by atoms with Crippen LogP contribution in [0.3, 0.4) is 0 Å². The molecule has 322 valence electrons. The molecule has 6 heterocycles. The summed E-state index contributed by atoms with van der Waals surface area (Å²) < 4.78 is 32.2. The zero-order valence-electron chi connectivity index (χ0n) is 35.5. The largest absolute Gasteiger partial charge is 0.497 e. The van der Waals surface area contributed by atoms with Gasteiger partial charge in [0.1, 0.15) is 41.2 Å². The molecule has 0 bridgehead atoms. The van der Waals surface area contributed by atoms with E-state index in [4.69, 9.17) is 39.9 Å². The van der Waals surface area contributed by atoms with E-state index in [9.17, 15) is 14.4 Å². The predicted molar refractivity (Wildman–Crippen MR) is 236 cm³/mol. The maximum atomic E-state index is 14.8. The third-order valence-electron chi connectivity index (χ3n) is 13.2. The van der Waals surface area contributed by atoms with Crippen molar-refractivity contribution >= 4 is 40.0 Å². The Balaban J connectivity index is 1.07. The number of β-lactam (4-membered cyclic amide) rings is 1. The first kappa shape index (κ1) is 41.3. The van der Waals surface area contributed by atoms with E-state index in [1.165, 1.54) is 11.3 Å². The minimum absolute atomic E-state index is 0.0737. The maximum absolute atomic E-state index is 14.8. The van der Waals surface area contributed by atoms with Gasteiger partial charge in [0.2, 0.25) is 17.8 Å². The van der Waals surface area contributed by atoms with Gasteiger partial charge in [0.05, 0.1) is 36.8 Å². The van der Waals surface area contributed by atoms with Gasteiger partial charge in [-0.3, -0.25) is 14.6 Å². The highest BCUT2D eigenvalue weighted by atomic mass is 32.1. The summed E-state index contributed by atoms with van der Waals surface area (Å²) in [5.74, 6) is 2.68. The molecule has 1 spiro atoms. The summed E-state index contributed by atoms with van der Waals surface area (Å²) in [6.07, 6.45) is 4.34. The Bertz CT molecular complexity index is 2450. The average Bonchev–Trinajstić information content (AvgIpc) is 4.03. The monoisotopic (exact) mass is 858 g/mol. The molecule has 0 radical (unpaired) electrons. The van der Waals surface area contributed by atoms with Crippen molar-refractivity contribution in [3.63, 3.8) is 0 Å². The fraction of sp³-hybridized carbons (Fsp3) is 0.435. The lowest BCUT2D eigenvalue weighted by molar-refractivity contribution is -0.129. The van der Waals surface area contributed by atoms with Gasteiger partial charge >= 0.3 is 6.01 Å². The molecule has 1 amide bonds. The number of hydrogen-bond donors (Lipinski definition) is 1. The number of aryl methyl sites for hydroxylation is 1. The van der Waals surface area contributed by atoms with Crippen molar-refractivity contribution in [3.05, 3.63) is 99.6 Å². The van der Waals surface area contributed by atoms with Crippen LogP contribution in [0, 0.1) is 11.3 Å². The molecule has 16 heteroatoms. The lowest BCUT2D eigenvalue weighted by atomic mass is 9.73. The van der Waals surface area contributed by atoms with Crippen LogP contribution >= 0.6 is 11.3 Å². The molecular weight excluding hydrogens is 808 g/mol. The van der Waals surface area contributed by atoms with E-state index in [-0.39, 0.29) is 30.5 Å². The van der Waals surface area contributed by atoms with Gasteiger partial charge in [0, 0.05) is 61.3 Å². The number of rotatable bonds is 15. The first-order valence-electron chi connectivity index (χ1n) is 21.2. The summed E-state index contributed by atoms with van der Waals surface area (Å²) in [4.78, 5) is 43.2. The minimum atomic E-state index is -0.918. The number of amides is 1. The standard InChI is InChI=1S/C46H51FN10O4S/c1-5-56(29(2)35-8-6-20-50-40(35)54(24-30-9-13-33(59-3)14-10-30)25-31-11-15-34(60-4)16-12-31)42-51-43(53-44(52-42)61-28-45-18-7-21-55(45)26-32(47)22-45)57-27-46(41(57)58)19-17-37-38(46)36(23-48)39(49)62-37/h6,8-16,20,29,32H,5,7,17-19,21-22,24-28,49H2,1-4H3/t29-,32-,45+,46?/m1/s1. The SMILES string of the molecule is CCN(c1nc(OC[C@@]23CCCN2C[C@H](F)C3)nc(N2CC3(CCc4sc(N)c(C#N)c43)C2=O)n1)[C@H](C)c1cccnc1N(Cc1ccc(OC)cc1)Cc1ccc(OC)cc1. The van der Waals surface area contributed by atoms with Crippen LogP contribution in [0.2, 0.25) is 0 Å². The fourth-order valence-electron chi connectivity index (χ4n) is 10.0. The number of alkyl halides is 1. The van der Waals surface area contributed by atoms with Gasteiger partial charge in [0.25, 0.3) is 0 Å². The van der Waals surface area contributed by atoms with Crippen LogP contribution in [0.4, 0.5) is 27.1 Å². The quantitative estimate of drug-likeness (QED) is 0.110. The van der Waals surface area contributed by atoms with Crippen molar-refractivity contribution in [2.24, 2.45) is 0 Å². The second kappa shape index (κ2) is 16.7. The van der Waals surface area contributed by atoms with Crippen LogP contribution in [-0.2, 0) is 29.7 Å². The van der Waals surface area contributed by atoms with Crippen molar-refractivity contribution in [2.75, 3.05) is 67.4 Å². The number of hydrogen-bond acceptors (Lipinski definition) is 14. The summed E-state index contributed by atoms with van der Waals surface area (Å²) in [6.45, 7) is 7.49. The number of nitrogen functional groups attached to an aromatic ring is 1. The third-order valence-corrected chi connectivity index (χ3v) is 14.3. The summed E-state index contributed by atoms with van der Waals surface area (Å²) >= 11 is 1.39. The van der Waals surface area contributed by atoms with E-state index in [1.54, 1.807) is 25.3 Å². The Kier molecular flexibility index (Phi) is 11.1. The molecule has 14 nitrogen and oxygen atoms in total. The van der Waals surface area contributed by atoms with Crippen molar-refractivity contribution in [2.45, 2.75) is 82.2 Å². The van der Waals surface area contributed by atoms with Crippen LogP contribution in [-0.4, -0.2) is 89.5 Å². The number of halogens is 1. The smallest absolute Gasteiger partial charge is 0.323 e. The average molecular weight is 859 g/mol. The summed E-state index contributed by atoms with van der Waals surface area (Å²) in [5, 5.41) is 10.5. The number of benzene rings is 2. The highest BCUT2D eigenvalue weighted by Crippen LogP contribution is 2.53. The number of anilines is 4. The Morgan fingerprint density at radius 1 is 1.03 bits per heavy atom. The molecule has 1 unspecified atom stereocenters. The zero-order chi connectivity index (χ0) is 43.2. The van der Waals surface area contributed by atoms with E-state index in [0.29, 0.717) is 68.5 Å². The number of thiophene rings is 1.